The maximum atomic E-state index is 11.2. The molecule has 1 heterocycles. The molecule has 0 bridgehead atoms. The van der Waals surface area contributed by atoms with Crippen molar-refractivity contribution in [1.82, 2.24) is 10.6 Å². The number of hydrogen-bond donors (Lipinski definition) is 2. The molecule has 0 radical (unpaired) electrons. The monoisotopic (exact) mass is 234 g/mol. The van der Waals surface area contributed by atoms with Crippen LogP contribution >= 0.6 is 0 Å². The predicted molar refractivity (Wildman–Crippen MR) is 62.8 cm³/mol. The molecule has 1 atom stereocenters. The lowest BCUT2D eigenvalue weighted by Crippen LogP contribution is -2.34. The van der Waals surface area contributed by atoms with Gasteiger partial charge >= 0.3 is 0 Å². The Morgan fingerprint density at radius 1 is 1.33 bits per heavy atom. The summed E-state index contributed by atoms with van der Waals surface area (Å²) in [6.45, 7) is 6.91. The van der Waals surface area contributed by atoms with Gasteiger partial charge < -0.3 is 10.6 Å². The van der Waals surface area contributed by atoms with Crippen LogP contribution in [0.15, 0.2) is 0 Å². The second-order valence-corrected chi connectivity index (χ2v) is 6.81. The molecule has 5 heteroatoms. The number of hydrogen-bond acceptors (Lipinski definition) is 4. The Labute approximate surface area is 92.7 Å². The molecule has 1 unspecified atom stereocenters. The van der Waals surface area contributed by atoms with Gasteiger partial charge in [-0.2, -0.15) is 0 Å². The SMILES string of the molecule is CC(C)NCCNCC1CCS(=O)(=O)C1. The van der Waals surface area contributed by atoms with Crippen LogP contribution in [0.4, 0.5) is 0 Å². The lowest BCUT2D eigenvalue weighted by Gasteiger charge is -2.11. The topological polar surface area (TPSA) is 58.2 Å². The van der Waals surface area contributed by atoms with Crippen molar-refractivity contribution in [2.24, 2.45) is 5.92 Å². The van der Waals surface area contributed by atoms with Crippen molar-refractivity contribution < 1.29 is 8.42 Å². The minimum Gasteiger partial charge on any atom is -0.315 e. The van der Waals surface area contributed by atoms with Crippen LogP contribution in [0.5, 0.6) is 0 Å². The molecule has 0 aromatic carbocycles. The largest absolute Gasteiger partial charge is 0.315 e. The van der Waals surface area contributed by atoms with Crippen molar-refractivity contribution in [2.45, 2.75) is 26.3 Å². The highest BCUT2D eigenvalue weighted by Crippen LogP contribution is 2.16. The third-order valence-corrected chi connectivity index (χ3v) is 4.45. The summed E-state index contributed by atoms with van der Waals surface area (Å²) >= 11 is 0. The number of nitrogens with one attached hydrogen (secondary N) is 2. The number of sulfone groups is 1. The second-order valence-electron chi connectivity index (χ2n) is 4.58. The number of rotatable bonds is 6. The Morgan fingerprint density at radius 2 is 2.07 bits per heavy atom. The molecule has 1 aliphatic heterocycles. The Morgan fingerprint density at radius 3 is 2.60 bits per heavy atom. The van der Waals surface area contributed by atoms with E-state index in [2.05, 4.69) is 24.5 Å². The van der Waals surface area contributed by atoms with Crippen LogP contribution in [0.3, 0.4) is 0 Å². The lowest BCUT2D eigenvalue weighted by atomic mass is 10.1. The minimum atomic E-state index is -2.71. The van der Waals surface area contributed by atoms with Gasteiger partial charge in [0.25, 0.3) is 0 Å². The zero-order valence-corrected chi connectivity index (χ0v) is 10.4. The van der Waals surface area contributed by atoms with Crippen LogP contribution in [0.2, 0.25) is 0 Å². The van der Waals surface area contributed by atoms with Crippen molar-refractivity contribution in [3.05, 3.63) is 0 Å². The fourth-order valence-electron chi connectivity index (χ4n) is 1.79. The van der Waals surface area contributed by atoms with Crippen LogP contribution in [-0.2, 0) is 9.84 Å². The van der Waals surface area contributed by atoms with E-state index in [4.69, 9.17) is 0 Å². The molecule has 0 aromatic heterocycles. The summed E-state index contributed by atoms with van der Waals surface area (Å²) in [5.74, 6) is 1.08. The molecule has 1 rings (SSSR count). The van der Waals surface area contributed by atoms with Crippen molar-refractivity contribution in [2.75, 3.05) is 31.1 Å². The molecular formula is C10H22N2O2S. The van der Waals surface area contributed by atoms with Gasteiger partial charge in [-0.1, -0.05) is 13.8 Å². The molecule has 2 N–H and O–H groups in total. The van der Waals surface area contributed by atoms with Gasteiger partial charge in [-0.3, -0.25) is 0 Å². The van der Waals surface area contributed by atoms with Crippen LogP contribution < -0.4 is 10.6 Å². The lowest BCUT2D eigenvalue weighted by molar-refractivity contribution is 0.498. The third-order valence-electron chi connectivity index (χ3n) is 2.61. The standard InChI is InChI=1S/C10H22N2O2S/c1-9(2)12-5-4-11-7-10-3-6-15(13,14)8-10/h9-12H,3-8H2,1-2H3. The first kappa shape index (κ1) is 12.9. The Bertz CT molecular complexity index is 275. The molecule has 15 heavy (non-hydrogen) atoms. The van der Waals surface area contributed by atoms with Gasteiger partial charge in [-0.05, 0) is 18.9 Å². The third kappa shape index (κ3) is 5.49. The minimum absolute atomic E-state index is 0.328. The average molecular weight is 234 g/mol. The Hall–Kier alpha value is -0.130. The Kier molecular flexibility index (Phi) is 5.02. The maximum Gasteiger partial charge on any atom is 0.150 e. The summed E-state index contributed by atoms with van der Waals surface area (Å²) in [4.78, 5) is 0. The maximum absolute atomic E-state index is 11.2. The zero-order valence-electron chi connectivity index (χ0n) is 9.62. The summed E-state index contributed by atoms with van der Waals surface area (Å²) in [7, 11) is -2.71. The summed E-state index contributed by atoms with van der Waals surface area (Å²) < 4.78 is 22.4. The highest BCUT2D eigenvalue weighted by Gasteiger charge is 2.27. The summed E-state index contributed by atoms with van der Waals surface area (Å²) in [6, 6.07) is 0.513. The van der Waals surface area contributed by atoms with Gasteiger partial charge in [0.2, 0.25) is 0 Å². The van der Waals surface area contributed by atoms with Gasteiger partial charge in [0.05, 0.1) is 11.5 Å². The van der Waals surface area contributed by atoms with Gasteiger partial charge in [0.15, 0.2) is 9.84 Å². The van der Waals surface area contributed by atoms with E-state index >= 15 is 0 Å². The van der Waals surface area contributed by atoms with E-state index in [-0.39, 0.29) is 0 Å². The highest BCUT2D eigenvalue weighted by molar-refractivity contribution is 7.91. The van der Waals surface area contributed by atoms with Crippen LogP contribution in [0.1, 0.15) is 20.3 Å². The van der Waals surface area contributed by atoms with Crippen molar-refractivity contribution in [1.29, 1.82) is 0 Å². The summed E-state index contributed by atoms with van der Waals surface area (Å²) in [6.07, 6.45) is 0.826. The Balaban J connectivity index is 2.02. The van der Waals surface area contributed by atoms with Gasteiger partial charge in [0.1, 0.15) is 0 Å². The molecule has 1 aliphatic rings. The van der Waals surface area contributed by atoms with Crippen LogP contribution in [0.25, 0.3) is 0 Å². The zero-order chi connectivity index (χ0) is 11.3. The molecule has 0 aliphatic carbocycles. The molecule has 0 spiro atoms. The van der Waals surface area contributed by atoms with E-state index < -0.39 is 9.84 Å². The van der Waals surface area contributed by atoms with E-state index in [0.717, 1.165) is 26.1 Å². The molecular weight excluding hydrogens is 212 g/mol. The van der Waals surface area contributed by atoms with Crippen molar-refractivity contribution in [3.63, 3.8) is 0 Å². The second kappa shape index (κ2) is 5.82. The van der Waals surface area contributed by atoms with Gasteiger partial charge in [-0.15, -0.1) is 0 Å². The summed E-state index contributed by atoms with van der Waals surface area (Å²) in [5, 5.41) is 6.60. The molecule has 1 saturated heterocycles. The smallest absolute Gasteiger partial charge is 0.150 e. The molecule has 90 valence electrons. The first-order chi connectivity index (χ1) is 6.99. The van der Waals surface area contributed by atoms with Gasteiger partial charge in [0, 0.05) is 19.1 Å². The molecule has 0 saturated carbocycles. The van der Waals surface area contributed by atoms with Crippen molar-refractivity contribution in [3.8, 4) is 0 Å². The van der Waals surface area contributed by atoms with E-state index in [9.17, 15) is 8.42 Å². The highest BCUT2D eigenvalue weighted by atomic mass is 32.2. The van der Waals surface area contributed by atoms with Crippen molar-refractivity contribution >= 4 is 9.84 Å². The average Bonchev–Trinajstić information content (AvgIpc) is 2.44. The van der Waals surface area contributed by atoms with Crippen LogP contribution in [-0.4, -0.2) is 45.6 Å². The quantitative estimate of drug-likeness (QED) is 0.636. The molecule has 1 fully saturated rings. The molecule has 4 nitrogen and oxygen atoms in total. The first-order valence-corrected chi connectivity index (χ1v) is 7.46. The molecule has 0 amide bonds. The fourth-order valence-corrected chi connectivity index (χ4v) is 3.65. The van der Waals surface area contributed by atoms with E-state index in [0.29, 0.717) is 23.5 Å². The van der Waals surface area contributed by atoms with Gasteiger partial charge in [-0.25, -0.2) is 8.42 Å². The molecule has 0 aromatic rings. The van der Waals surface area contributed by atoms with E-state index in [1.165, 1.54) is 0 Å². The van der Waals surface area contributed by atoms with Crippen LogP contribution in [0, 0.1) is 5.92 Å². The summed E-state index contributed by atoms with van der Waals surface area (Å²) in [5.41, 5.74) is 0. The fraction of sp³-hybridized carbons (Fsp3) is 1.00. The normalized spacial score (nSPS) is 24.9. The van der Waals surface area contributed by atoms with E-state index in [1.54, 1.807) is 0 Å². The first-order valence-electron chi connectivity index (χ1n) is 5.64. The van der Waals surface area contributed by atoms with E-state index in [1.807, 2.05) is 0 Å². The predicted octanol–water partition coefficient (Wildman–Crippen LogP) is 0.00870.